The first kappa shape index (κ1) is 24.6. The number of ether oxygens (including phenoxy) is 1. The zero-order valence-corrected chi connectivity index (χ0v) is 20.0. The Morgan fingerprint density at radius 1 is 1.30 bits per heavy atom. The van der Waals surface area contributed by atoms with E-state index in [2.05, 4.69) is 10.6 Å². The van der Waals surface area contributed by atoms with Gasteiger partial charge in [0.1, 0.15) is 16.7 Å². The van der Waals surface area contributed by atoms with Crippen LogP contribution in [0, 0.1) is 22.1 Å². The monoisotopic (exact) mass is 513 g/mol. The fourth-order valence-electron chi connectivity index (χ4n) is 5.61. The van der Waals surface area contributed by atoms with Crippen LogP contribution in [0.15, 0.2) is 6.07 Å². The van der Waals surface area contributed by atoms with E-state index in [0.717, 1.165) is 29.0 Å². The fraction of sp³-hybridized carbons (Fsp3) is 0.542. The van der Waals surface area contributed by atoms with Crippen molar-refractivity contribution in [1.82, 2.24) is 20.5 Å². The maximum Gasteiger partial charge on any atom is 0.407 e. The van der Waals surface area contributed by atoms with Crippen molar-refractivity contribution in [3.8, 4) is 6.07 Å². The number of hydrogen-bond donors (Lipinski definition) is 2. The number of nitriles is 1. The van der Waals surface area contributed by atoms with Crippen LogP contribution in [0.1, 0.15) is 65.6 Å². The zero-order valence-electron chi connectivity index (χ0n) is 20.0. The molecule has 13 heteroatoms. The number of piperidine rings is 2. The molecule has 3 fully saturated rings. The van der Waals surface area contributed by atoms with Crippen LogP contribution in [0.25, 0.3) is 0 Å². The highest BCUT2D eigenvalue weighted by molar-refractivity contribution is 6.05. The first-order valence-electron chi connectivity index (χ1n) is 12.3. The number of nitrogens with one attached hydrogen (secondary N) is 2. The molecule has 1 aromatic carbocycles. The second kappa shape index (κ2) is 9.76. The molecule has 0 bridgehead atoms. The Labute approximate surface area is 211 Å². The summed E-state index contributed by atoms with van der Waals surface area (Å²) in [6, 6.07) is 1.93. The third kappa shape index (κ3) is 4.47. The van der Waals surface area contributed by atoms with E-state index in [1.165, 1.54) is 6.07 Å². The molecule has 4 amide bonds. The molecule has 3 atom stereocenters. The Balaban J connectivity index is 1.23. The number of hydrazine groups is 1. The smallest absolute Gasteiger partial charge is 0.407 e. The number of nitrogens with zero attached hydrogens (tertiary/aromatic N) is 4. The lowest BCUT2D eigenvalue weighted by atomic mass is 9.99. The van der Waals surface area contributed by atoms with Crippen molar-refractivity contribution in [2.75, 3.05) is 13.2 Å². The predicted octanol–water partition coefficient (Wildman–Crippen LogP) is 1.01. The molecule has 3 unspecified atom stereocenters. The molecule has 4 aliphatic rings. The number of amides is 4. The van der Waals surface area contributed by atoms with Crippen molar-refractivity contribution in [2.24, 2.45) is 0 Å². The highest BCUT2D eigenvalue weighted by atomic mass is 19.1. The number of benzene rings is 1. The van der Waals surface area contributed by atoms with Crippen molar-refractivity contribution < 1.29 is 33.2 Å². The standard InChI is InChI=1S/C24H25FN6O6/c25-21-14(10-27-24(35)37-12-16-8-15-3-1-2-6-30(15)31(16)36)7-13(9-26)17-11-29(23(34)20(17)21)18-4-5-19(32)28-22(18)33/h7,15-16,18H,1-6,8,10-12H2,(H-,27,28,32,33,35)/p+1. The van der Waals surface area contributed by atoms with Crippen LogP contribution in [0.4, 0.5) is 9.18 Å². The van der Waals surface area contributed by atoms with Gasteiger partial charge in [0.2, 0.25) is 11.8 Å². The quantitative estimate of drug-likeness (QED) is 0.437. The van der Waals surface area contributed by atoms with Crippen molar-refractivity contribution >= 4 is 23.8 Å². The van der Waals surface area contributed by atoms with Gasteiger partial charge in [0.25, 0.3) is 11.9 Å². The summed E-state index contributed by atoms with van der Waals surface area (Å²) in [5, 5.41) is 16.0. The van der Waals surface area contributed by atoms with Crippen LogP contribution in [0.2, 0.25) is 0 Å². The largest absolute Gasteiger partial charge is 0.442 e. The summed E-state index contributed by atoms with van der Waals surface area (Å²) in [6.07, 6.45) is 2.85. The van der Waals surface area contributed by atoms with Crippen molar-refractivity contribution in [1.29, 1.82) is 5.26 Å². The lowest BCUT2D eigenvalue weighted by Gasteiger charge is -2.29. The van der Waals surface area contributed by atoms with Gasteiger partial charge in [0.05, 0.1) is 34.7 Å². The van der Waals surface area contributed by atoms with Gasteiger partial charge in [0, 0.05) is 37.1 Å². The second-order valence-corrected chi connectivity index (χ2v) is 9.72. The number of carbonyl (C=O) groups excluding carboxylic acids is 4. The summed E-state index contributed by atoms with van der Waals surface area (Å²) >= 11 is 0. The van der Waals surface area contributed by atoms with E-state index < -0.39 is 41.7 Å². The van der Waals surface area contributed by atoms with Crippen molar-refractivity contribution in [3.63, 3.8) is 0 Å². The van der Waals surface area contributed by atoms with Gasteiger partial charge < -0.3 is 15.0 Å². The summed E-state index contributed by atoms with van der Waals surface area (Å²) in [4.78, 5) is 63.5. The first-order valence-corrected chi connectivity index (χ1v) is 12.3. The Morgan fingerprint density at radius 2 is 2.11 bits per heavy atom. The van der Waals surface area contributed by atoms with Crippen molar-refractivity contribution in [2.45, 2.75) is 69.7 Å². The molecule has 3 saturated heterocycles. The van der Waals surface area contributed by atoms with Crippen LogP contribution >= 0.6 is 0 Å². The molecule has 2 N–H and O–H groups in total. The van der Waals surface area contributed by atoms with Gasteiger partial charge >= 0.3 is 6.09 Å². The minimum Gasteiger partial charge on any atom is -0.442 e. The number of alkyl carbamates (subject to hydrolysis) is 1. The van der Waals surface area contributed by atoms with Gasteiger partial charge in [-0.1, -0.05) is 0 Å². The van der Waals surface area contributed by atoms with Crippen LogP contribution in [-0.4, -0.2) is 69.9 Å². The van der Waals surface area contributed by atoms with E-state index in [1.54, 1.807) is 5.01 Å². The molecule has 0 radical (unpaired) electrons. The van der Waals surface area contributed by atoms with E-state index in [1.807, 2.05) is 6.07 Å². The normalized spacial score (nSPS) is 24.9. The lowest BCUT2D eigenvalue weighted by Crippen LogP contribution is -2.52. The zero-order chi connectivity index (χ0) is 26.3. The Kier molecular flexibility index (Phi) is 6.49. The molecule has 4 heterocycles. The van der Waals surface area contributed by atoms with Gasteiger partial charge in [-0.3, -0.25) is 19.7 Å². The summed E-state index contributed by atoms with van der Waals surface area (Å²) in [5.74, 6) is -2.74. The molecule has 0 aliphatic carbocycles. The Hall–Kier alpha value is -4.08. The number of rotatable bonds is 5. The lowest BCUT2D eigenvalue weighted by molar-refractivity contribution is -0.718. The molecule has 0 saturated carbocycles. The summed E-state index contributed by atoms with van der Waals surface area (Å²) < 4.78 is 20.6. The van der Waals surface area contributed by atoms with Gasteiger partial charge in [-0.15, -0.1) is 5.01 Å². The minimum atomic E-state index is -0.948. The minimum absolute atomic E-state index is 0.0467. The third-order valence-corrected chi connectivity index (χ3v) is 7.49. The SMILES string of the molecule is N#Cc1cc(CNC(=O)OCC2CC3CCCCN3[N+]2=O)c(F)c2c1CN(C1CCC(=O)NC1=O)C2=O. The molecule has 12 nitrogen and oxygen atoms in total. The van der Waals surface area contributed by atoms with Crippen LogP contribution in [0.5, 0.6) is 0 Å². The van der Waals surface area contributed by atoms with Crippen LogP contribution < -0.4 is 10.6 Å². The number of hydrogen-bond acceptors (Lipinski definition) is 7. The summed E-state index contributed by atoms with van der Waals surface area (Å²) in [5.41, 5.74) is -0.198. The molecular formula is C24H26FN6O6+. The number of carbonyl (C=O) groups is 4. The molecule has 0 aromatic heterocycles. The topological polar surface area (TPSA) is 152 Å². The summed E-state index contributed by atoms with van der Waals surface area (Å²) in [6.45, 7) is 0.0904. The molecular weight excluding hydrogens is 487 g/mol. The van der Waals surface area contributed by atoms with Gasteiger partial charge in [0.15, 0.2) is 6.61 Å². The predicted molar refractivity (Wildman–Crippen MR) is 122 cm³/mol. The van der Waals surface area contributed by atoms with Crippen LogP contribution in [0.3, 0.4) is 0 Å². The highest BCUT2D eigenvalue weighted by Crippen LogP contribution is 2.33. The number of fused-ring (bicyclic) bond motifs is 2. The van der Waals surface area contributed by atoms with E-state index in [9.17, 15) is 29.3 Å². The molecule has 5 rings (SSSR count). The molecule has 194 valence electrons. The second-order valence-electron chi connectivity index (χ2n) is 9.72. The van der Waals surface area contributed by atoms with Crippen molar-refractivity contribution in [3.05, 3.63) is 39.0 Å². The number of halogens is 1. The van der Waals surface area contributed by atoms with Crippen LogP contribution in [-0.2, 0) is 27.4 Å². The molecule has 4 aliphatic heterocycles. The number of nitroso groups, excluding NO2 is 1. The van der Waals surface area contributed by atoms with Gasteiger partial charge in [-0.25, -0.2) is 9.18 Å². The molecule has 1 aromatic rings. The van der Waals surface area contributed by atoms with Gasteiger partial charge in [-0.2, -0.15) is 5.26 Å². The van der Waals surface area contributed by atoms with E-state index in [-0.39, 0.29) is 60.8 Å². The highest BCUT2D eigenvalue weighted by Gasteiger charge is 2.48. The fourth-order valence-corrected chi connectivity index (χ4v) is 5.61. The Morgan fingerprint density at radius 3 is 2.84 bits per heavy atom. The average Bonchev–Trinajstić information content (AvgIpc) is 3.39. The van der Waals surface area contributed by atoms with Gasteiger partial charge in [-0.05, 0) is 31.7 Å². The summed E-state index contributed by atoms with van der Waals surface area (Å²) in [7, 11) is 0. The molecule has 37 heavy (non-hydrogen) atoms. The maximum atomic E-state index is 15.4. The van der Waals surface area contributed by atoms with E-state index >= 15 is 4.39 Å². The molecule has 0 spiro atoms. The third-order valence-electron chi connectivity index (χ3n) is 7.49. The number of imide groups is 1. The van der Waals surface area contributed by atoms with E-state index in [0.29, 0.717) is 13.0 Å². The Bertz CT molecular complexity index is 1250. The maximum absolute atomic E-state index is 15.4. The average molecular weight is 514 g/mol. The first-order chi connectivity index (χ1) is 17.8. The van der Waals surface area contributed by atoms with E-state index in [4.69, 9.17) is 4.74 Å².